The summed E-state index contributed by atoms with van der Waals surface area (Å²) in [6, 6.07) is 17.6. The summed E-state index contributed by atoms with van der Waals surface area (Å²) in [5, 5.41) is 0. The average molecular weight is 490 g/mol. The van der Waals surface area contributed by atoms with Gasteiger partial charge in [0, 0.05) is 36.6 Å². The molecule has 36 heavy (non-hydrogen) atoms. The Hall–Kier alpha value is -3.41. The molecule has 4 rings (SSSR count). The van der Waals surface area contributed by atoms with E-state index >= 15 is 0 Å². The monoisotopic (exact) mass is 489 g/mol. The Morgan fingerprint density at radius 1 is 1.03 bits per heavy atom. The maximum Gasteiger partial charge on any atom is 0.254 e. The van der Waals surface area contributed by atoms with Crippen LogP contribution in [0.15, 0.2) is 66.9 Å². The van der Waals surface area contributed by atoms with Gasteiger partial charge in [-0.2, -0.15) is 0 Å². The van der Waals surface area contributed by atoms with E-state index < -0.39 is 6.04 Å². The van der Waals surface area contributed by atoms with Crippen LogP contribution in [0.1, 0.15) is 73.3 Å². The van der Waals surface area contributed by atoms with Crippen LogP contribution < -0.4 is 0 Å². The number of nitrogens with zero attached hydrogens (tertiary/aromatic N) is 3. The van der Waals surface area contributed by atoms with E-state index in [-0.39, 0.29) is 30.2 Å². The highest BCUT2D eigenvalue weighted by Gasteiger charge is 2.34. The number of carbonyl (C=O) groups is 2. The summed E-state index contributed by atoms with van der Waals surface area (Å²) in [6.45, 7) is 7.17. The van der Waals surface area contributed by atoms with Gasteiger partial charge in [-0.3, -0.25) is 9.59 Å². The Labute approximate surface area is 213 Å². The van der Waals surface area contributed by atoms with Crippen molar-refractivity contribution in [3.63, 3.8) is 0 Å². The summed E-state index contributed by atoms with van der Waals surface area (Å²) in [5.74, 6) is -0.628. The van der Waals surface area contributed by atoms with Crippen molar-refractivity contribution in [1.82, 2.24) is 14.4 Å². The fraction of sp³-hybridized carbons (Fsp3) is 0.400. The SMILES string of the molecule is CCCCCc1ccc(C(=O)N(CC(=O)N2CCn3cccc3[C@@H]2c2cccc(F)c2)C(C)C)cc1. The molecule has 0 N–H and O–H groups in total. The zero-order chi connectivity index (χ0) is 25.7. The van der Waals surface area contributed by atoms with Gasteiger partial charge in [0.1, 0.15) is 12.4 Å². The maximum absolute atomic E-state index is 14.1. The largest absolute Gasteiger partial charge is 0.348 e. The van der Waals surface area contributed by atoms with Gasteiger partial charge < -0.3 is 14.4 Å². The standard InChI is InChI=1S/C30H36FN3O2/c1-4-5-6-9-23-13-15-24(16-14-23)30(36)34(22(2)3)21-28(35)33-19-18-32-17-8-12-27(32)29(33)25-10-7-11-26(31)20-25/h7-8,10-17,20,22,29H,4-6,9,18-19,21H2,1-3H3/t29-/m0/s1. The number of rotatable bonds is 9. The number of hydrogen-bond acceptors (Lipinski definition) is 2. The quantitative estimate of drug-likeness (QED) is 0.354. The van der Waals surface area contributed by atoms with Crippen LogP contribution in [0.3, 0.4) is 0 Å². The molecule has 0 radical (unpaired) electrons. The third-order valence-corrected chi connectivity index (χ3v) is 6.98. The van der Waals surface area contributed by atoms with E-state index in [9.17, 15) is 14.0 Å². The molecule has 0 bridgehead atoms. The summed E-state index contributed by atoms with van der Waals surface area (Å²) in [5.41, 5.74) is 3.48. The van der Waals surface area contributed by atoms with E-state index in [1.165, 1.54) is 30.5 Å². The van der Waals surface area contributed by atoms with Crippen molar-refractivity contribution in [2.75, 3.05) is 13.1 Å². The molecule has 190 valence electrons. The summed E-state index contributed by atoms with van der Waals surface area (Å²) in [7, 11) is 0. The molecule has 0 saturated heterocycles. The zero-order valence-electron chi connectivity index (χ0n) is 21.5. The number of amides is 2. The number of aromatic nitrogens is 1. The average Bonchev–Trinajstić information content (AvgIpc) is 3.35. The number of benzene rings is 2. The number of hydrogen-bond donors (Lipinski definition) is 0. The molecule has 2 heterocycles. The van der Waals surface area contributed by atoms with Crippen LogP contribution >= 0.6 is 0 Å². The lowest BCUT2D eigenvalue weighted by Gasteiger charge is -2.39. The Morgan fingerprint density at radius 2 is 1.81 bits per heavy atom. The topological polar surface area (TPSA) is 45.6 Å². The molecule has 2 aromatic carbocycles. The minimum absolute atomic E-state index is 0.0265. The summed E-state index contributed by atoms with van der Waals surface area (Å²) in [6.07, 6.45) is 6.51. The molecule has 0 unspecified atom stereocenters. The Morgan fingerprint density at radius 3 is 2.50 bits per heavy atom. The molecule has 0 fully saturated rings. The summed E-state index contributed by atoms with van der Waals surface area (Å²) in [4.78, 5) is 30.5. The lowest BCUT2D eigenvalue weighted by atomic mass is 9.99. The van der Waals surface area contributed by atoms with Crippen LogP contribution in [-0.2, 0) is 17.8 Å². The molecule has 5 nitrogen and oxygen atoms in total. The Kier molecular flexibility index (Phi) is 8.24. The molecule has 1 aliphatic heterocycles. The third kappa shape index (κ3) is 5.69. The van der Waals surface area contributed by atoms with Crippen molar-refractivity contribution in [3.05, 3.63) is 95.1 Å². The number of carbonyl (C=O) groups excluding carboxylic acids is 2. The first kappa shape index (κ1) is 25.7. The van der Waals surface area contributed by atoms with Crippen molar-refractivity contribution in [1.29, 1.82) is 0 Å². The van der Waals surface area contributed by atoms with Crippen LogP contribution in [0.5, 0.6) is 0 Å². The normalized spacial score (nSPS) is 15.1. The van der Waals surface area contributed by atoms with Crippen LogP contribution in [-0.4, -0.2) is 45.3 Å². The lowest BCUT2D eigenvalue weighted by molar-refractivity contribution is -0.135. The van der Waals surface area contributed by atoms with Crippen molar-refractivity contribution < 1.29 is 14.0 Å². The van der Waals surface area contributed by atoms with Crippen molar-refractivity contribution in [2.45, 2.75) is 65.1 Å². The first-order chi connectivity index (χ1) is 17.4. The van der Waals surface area contributed by atoms with Gasteiger partial charge >= 0.3 is 0 Å². The van der Waals surface area contributed by atoms with E-state index in [1.807, 2.05) is 62.5 Å². The molecule has 1 aliphatic rings. The van der Waals surface area contributed by atoms with Gasteiger partial charge in [-0.1, -0.05) is 44.0 Å². The number of aryl methyl sites for hydroxylation is 1. The van der Waals surface area contributed by atoms with Crippen LogP contribution in [0.25, 0.3) is 0 Å². The predicted molar refractivity (Wildman–Crippen MR) is 140 cm³/mol. The van der Waals surface area contributed by atoms with E-state index in [1.54, 1.807) is 15.9 Å². The predicted octanol–water partition coefficient (Wildman–Crippen LogP) is 5.84. The number of unbranched alkanes of at least 4 members (excludes halogenated alkanes) is 2. The highest BCUT2D eigenvalue weighted by atomic mass is 19.1. The van der Waals surface area contributed by atoms with Gasteiger partial charge in [0.05, 0.1) is 6.04 Å². The highest BCUT2D eigenvalue weighted by Crippen LogP contribution is 2.33. The van der Waals surface area contributed by atoms with Gasteiger partial charge in [-0.05, 0) is 74.2 Å². The maximum atomic E-state index is 14.1. The minimum atomic E-state index is -0.400. The fourth-order valence-corrected chi connectivity index (χ4v) is 4.96. The van der Waals surface area contributed by atoms with Gasteiger partial charge in [0.2, 0.25) is 5.91 Å². The van der Waals surface area contributed by atoms with Gasteiger partial charge in [0.15, 0.2) is 0 Å². The van der Waals surface area contributed by atoms with Gasteiger partial charge in [-0.15, -0.1) is 0 Å². The fourth-order valence-electron chi connectivity index (χ4n) is 4.96. The van der Waals surface area contributed by atoms with E-state index in [2.05, 4.69) is 11.5 Å². The minimum Gasteiger partial charge on any atom is -0.348 e. The van der Waals surface area contributed by atoms with Crippen LogP contribution in [0.2, 0.25) is 0 Å². The van der Waals surface area contributed by atoms with Crippen molar-refractivity contribution >= 4 is 11.8 Å². The van der Waals surface area contributed by atoms with E-state index in [0.29, 0.717) is 18.7 Å². The third-order valence-electron chi connectivity index (χ3n) is 6.98. The van der Waals surface area contributed by atoms with Gasteiger partial charge in [0.25, 0.3) is 5.91 Å². The first-order valence-electron chi connectivity index (χ1n) is 13.0. The molecule has 0 spiro atoms. The second-order valence-electron chi connectivity index (χ2n) is 9.85. The van der Waals surface area contributed by atoms with Crippen molar-refractivity contribution in [2.24, 2.45) is 0 Å². The number of halogens is 1. The van der Waals surface area contributed by atoms with Gasteiger partial charge in [-0.25, -0.2) is 4.39 Å². The molecule has 0 saturated carbocycles. The number of fused-ring (bicyclic) bond motifs is 1. The molecular weight excluding hydrogens is 453 g/mol. The van der Waals surface area contributed by atoms with E-state index in [0.717, 1.165) is 24.1 Å². The van der Waals surface area contributed by atoms with Crippen molar-refractivity contribution in [3.8, 4) is 0 Å². The highest BCUT2D eigenvalue weighted by molar-refractivity contribution is 5.96. The first-order valence-corrected chi connectivity index (χ1v) is 13.0. The molecule has 3 aromatic rings. The van der Waals surface area contributed by atoms with Crippen LogP contribution in [0, 0.1) is 5.82 Å². The zero-order valence-corrected chi connectivity index (χ0v) is 21.5. The lowest BCUT2D eigenvalue weighted by Crippen LogP contribution is -2.49. The molecule has 1 atom stereocenters. The summed E-state index contributed by atoms with van der Waals surface area (Å²) >= 11 is 0. The molecule has 6 heteroatoms. The Balaban J connectivity index is 1.53. The second-order valence-corrected chi connectivity index (χ2v) is 9.85. The molecule has 2 amide bonds. The molecule has 0 aliphatic carbocycles. The smallest absolute Gasteiger partial charge is 0.254 e. The molecule has 1 aromatic heterocycles. The van der Waals surface area contributed by atoms with Crippen LogP contribution in [0.4, 0.5) is 4.39 Å². The Bertz CT molecular complexity index is 1180. The van der Waals surface area contributed by atoms with E-state index in [4.69, 9.17) is 0 Å². The summed E-state index contributed by atoms with van der Waals surface area (Å²) < 4.78 is 16.2. The second kappa shape index (κ2) is 11.5. The molecular formula is C30H36FN3O2.